The number of phenols is 1. The lowest BCUT2D eigenvalue weighted by Crippen LogP contribution is -2.18. The average Bonchev–Trinajstić information content (AvgIpc) is 2.36. The van der Waals surface area contributed by atoms with E-state index in [1.807, 2.05) is 0 Å². The summed E-state index contributed by atoms with van der Waals surface area (Å²) in [5, 5.41) is 20.4. The smallest absolute Gasteiger partial charge is 0.234 e. The number of alkyl halides is 6. The Labute approximate surface area is 149 Å². The first kappa shape index (κ1) is 17.1. The first-order valence-electron chi connectivity index (χ1n) is 5.28. The van der Waals surface area contributed by atoms with E-state index in [1.54, 1.807) is 12.1 Å². The van der Waals surface area contributed by atoms with Crippen molar-refractivity contribution < 1.29 is 5.11 Å². The highest BCUT2D eigenvalue weighted by atomic mass is 35.6. The normalized spacial score (nSPS) is 12.5. The third-order valence-corrected chi connectivity index (χ3v) is 3.56. The molecule has 0 unspecified atom stereocenters. The van der Waals surface area contributed by atoms with E-state index in [1.165, 1.54) is 12.1 Å². The van der Waals surface area contributed by atoms with Crippen LogP contribution in [0, 0.1) is 0 Å². The van der Waals surface area contributed by atoms with Crippen LogP contribution < -0.4 is 0 Å². The van der Waals surface area contributed by atoms with E-state index >= 15 is 0 Å². The van der Waals surface area contributed by atoms with Gasteiger partial charge < -0.3 is 5.11 Å². The standard InChI is InChI=1S/C11H5Cl6N3O/c12-10(13,14)7-8(5-1-3-6(21)4-2-5)18-20-19-9(7)11(15,16)17/h1-4,21H. The zero-order chi connectivity index (χ0) is 15.8. The first-order valence-corrected chi connectivity index (χ1v) is 7.54. The van der Waals surface area contributed by atoms with Gasteiger partial charge in [0.15, 0.2) is 0 Å². The molecule has 0 aliphatic heterocycles. The molecule has 0 amide bonds. The number of aromatic hydroxyl groups is 1. The molecule has 0 saturated carbocycles. The van der Waals surface area contributed by atoms with Gasteiger partial charge in [0.1, 0.15) is 17.1 Å². The number of halogens is 6. The Morgan fingerprint density at radius 3 is 1.86 bits per heavy atom. The summed E-state index contributed by atoms with van der Waals surface area (Å²) in [6.07, 6.45) is 0. The second-order valence-corrected chi connectivity index (χ2v) is 8.47. The molecule has 0 saturated heterocycles. The molecule has 10 heteroatoms. The van der Waals surface area contributed by atoms with Gasteiger partial charge in [-0.25, -0.2) is 0 Å². The molecule has 0 atom stereocenters. The van der Waals surface area contributed by atoms with Crippen LogP contribution in [0.3, 0.4) is 0 Å². The third kappa shape index (κ3) is 3.95. The maximum atomic E-state index is 9.33. The molecule has 1 N–H and O–H groups in total. The van der Waals surface area contributed by atoms with E-state index in [2.05, 4.69) is 15.4 Å². The second kappa shape index (κ2) is 6.11. The molecule has 112 valence electrons. The Morgan fingerprint density at radius 1 is 0.810 bits per heavy atom. The molecule has 1 heterocycles. The fourth-order valence-corrected chi connectivity index (χ4v) is 2.55. The molecule has 4 nitrogen and oxygen atoms in total. The van der Waals surface area contributed by atoms with Gasteiger partial charge in [0.2, 0.25) is 7.59 Å². The lowest BCUT2D eigenvalue weighted by atomic mass is 10.1. The Bertz CT molecular complexity index is 650. The van der Waals surface area contributed by atoms with Crippen molar-refractivity contribution in [2.45, 2.75) is 7.59 Å². The number of benzene rings is 1. The van der Waals surface area contributed by atoms with Crippen LogP contribution >= 0.6 is 69.6 Å². The van der Waals surface area contributed by atoms with Crippen molar-refractivity contribution in [1.82, 2.24) is 15.4 Å². The van der Waals surface area contributed by atoms with Crippen LogP contribution in [0.4, 0.5) is 0 Å². The van der Waals surface area contributed by atoms with Crippen LogP contribution in [0.2, 0.25) is 0 Å². The molecule has 21 heavy (non-hydrogen) atoms. The summed E-state index contributed by atoms with van der Waals surface area (Å²) in [4.78, 5) is 0. The summed E-state index contributed by atoms with van der Waals surface area (Å²) in [5.41, 5.74) is 0.574. The van der Waals surface area contributed by atoms with Crippen LogP contribution in [0.15, 0.2) is 24.3 Å². The first-order chi connectivity index (χ1) is 9.60. The van der Waals surface area contributed by atoms with E-state index in [4.69, 9.17) is 69.6 Å². The summed E-state index contributed by atoms with van der Waals surface area (Å²) >= 11 is 35.4. The van der Waals surface area contributed by atoms with Gasteiger partial charge >= 0.3 is 0 Å². The average molecular weight is 408 g/mol. The summed E-state index contributed by atoms with van der Waals surface area (Å²) in [5.74, 6) is 0.0674. The largest absolute Gasteiger partial charge is 0.508 e. The van der Waals surface area contributed by atoms with Gasteiger partial charge in [-0.3, -0.25) is 0 Å². The van der Waals surface area contributed by atoms with Gasteiger partial charge in [0.25, 0.3) is 0 Å². The molecular formula is C11H5Cl6N3O. The molecule has 1 aromatic carbocycles. The van der Waals surface area contributed by atoms with Gasteiger partial charge in [0, 0.05) is 5.56 Å². The summed E-state index contributed by atoms with van der Waals surface area (Å²) in [6.45, 7) is 0. The van der Waals surface area contributed by atoms with E-state index in [-0.39, 0.29) is 22.7 Å². The molecule has 1 aromatic heterocycles. The van der Waals surface area contributed by atoms with E-state index in [9.17, 15) is 5.11 Å². The highest BCUT2D eigenvalue weighted by Gasteiger charge is 2.40. The molecule has 2 rings (SSSR count). The van der Waals surface area contributed by atoms with Crippen molar-refractivity contribution in [3.8, 4) is 17.0 Å². The molecule has 0 spiro atoms. The van der Waals surface area contributed by atoms with Crippen LogP contribution in [-0.4, -0.2) is 20.5 Å². The van der Waals surface area contributed by atoms with Crippen molar-refractivity contribution in [3.05, 3.63) is 35.5 Å². The number of hydrogen-bond donors (Lipinski definition) is 1. The van der Waals surface area contributed by atoms with Crippen molar-refractivity contribution in [2.24, 2.45) is 0 Å². The van der Waals surface area contributed by atoms with Gasteiger partial charge in [-0.2, -0.15) is 0 Å². The van der Waals surface area contributed by atoms with Crippen molar-refractivity contribution in [2.75, 3.05) is 0 Å². The topological polar surface area (TPSA) is 58.9 Å². The highest BCUT2D eigenvalue weighted by molar-refractivity contribution is 6.69. The zero-order valence-electron chi connectivity index (χ0n) is 9.87. The Balaban J connectivity index is 2.75. The fourth-order valence-electron chi connectivity index (χ4n) is 1.61. The lowest BCUT2D eigenvalue weighted by Gasteiger charge is -2.21. The minimum atomic E-state index is -1.94. The Hall–Kier alpha value is -0.230. The maximum Gasteiger partial charge on any atom is 0.234 e. The maximum absolute atomic E-state index is 9.33. The van der Waals surface area contributed by atoms with E-state index in [0.717, 1.165) is 0 Å². The number of nitrogens with zero attached hydrogens (tertiary/aromatic N) is 3. The quantitative estimate of drug-likeness (QED) is 0.683. The third-order valence-electron chi connectivity index (χ3n) is 2.46. The molecule has 0 bridgehead atoms. The predicted molar refractivity (Wildman–Crippen MR) is 85.4 cm³/mol. The fraction of sp³-hybridized carbons (Fsp3) is 0.182. The molecular weight excluding hydrogens is 403 g/mol. The summed E-state index contributed by atoms with van der Waals surface area (Å²) < 4.78 is -3.88. The van der Waals surface area contributed by atoms with E-state index in [0.29, 0.717) is 5.56 Å². The molecule has 2 aromatic rings. The van der Waals surface area contributed by atoms with Crippen LogP contribution in [-0.2, 0) is 7.59 Å². The summed E-state index contributed by atoms with van der Waals surface area (Å²) in [7, 11) is 0. The predicted octanol–water partition coefficient (Wildman–Crippen LogP) is 4.90. The lowest BCUT2D eigenvalue weighted by molar-refractivity contribution is 0.475. The number of rotatable bonds is 1. The van der Waals surface area contributed by atoms with Gasteiger partial charge in [-0.1, -0.05) is 69.6 Å². The second-order valence-electron chi connectivity index (χ2n) is 3.90. The minimum Gasteiger partial charge on any atom is -0.508 e. The van der Waals surface area contributed by atoms with Gasteiger partial charge in [-0.05, 0) is 29.5 Å². The molecule has 0 aliphatic carbocycles. The number of hydrogen-bond acceptors (Lipinski definition) is 4. The molecule has 0 radical (unpaired) electrons. The molecule has 0 fully saturated rings. The Morgan fingerprint density at radius 2 is 1.38 bits per heavy atom. The van der Waals surface area contributed by atoms with E-state index < -0.39 is 7.59 Å². The van der Waals surface area contributed by atoms with Crippen molar-refractivity contribution in [3.63, 3.8) is 0 Å². The molecule has 0 aliphatic rings. The van der Waals surface area contributed by atoms with Crippen LogP contribution in [0.25, 0.3) is 11.3 Å². The van der Waals surface area contributed by atoms with Crippen LogP contribution in [0.1, 0.15) is 11.3 Å². The minimum absolute atomic E-state index is 0.00758. The SMILES string of the molecule is Oc1ccc(-c2nnnc(C(Cl)(Cl)Cl)c2C(Cl)(Cl)Cl)cc1. The van der Waals surface area contributed by atoms with Crippen LogP contribution in [0.5, 0.6) is 5.75 Å². The van der Waals surface area contributed by atoms with Gasteiger partial charge in [0.05, 0.1) is 5.56 Å². The highest BCUT2D eigenvalue weighted by Crippen LogP contribution is 2.49. The monoisotopic (exact) mass is 405 g/mol. The van der Waals surface area contributed by atoms with Crippen molar-refractivity contribution in [1.29, 1.82) is 0 Å². The van der Waals surface area contributed by atoms with Crippen molar-refractivity contribution >= 4 is 69.6 Å². The number of aromatic nitrogens is 3. The zero-order valence-corrected chi connectivity index (χ0v) is 14.4. The van der Waals surface area contributed by atoms with Gasteiger partial charge in [-0.15, -0.1) is 10.2 Å². The Kier molecular flexibility index (Phi) is 4.98. The number of phenolic OH excluding ortho intramolecular Hbond substituents is 1. The summed E-state index contributed by atoms with van der Waals surface area (Å²) in [6, 6.07) is 5.99.